The van der Waals surface area contributed by atoms with E-state index < -0.39 is 5.97 Å². The molecule has 0 aliphatic heterocycles. The molecule has 1 aromatic rings. The molecule has 1 aliphatic rings. The van der Waals surface area contributed by atoms with Crippen LogP contribution in [0.5, 0.6) is 0 Å². The molecule has 1 fully saturated rings. The lowest BCUT2D eigenvalue weighted by Crippen LogP contribution is -2.20. The third-order valence-electron chi connectivity index (χ3n) is 2.73. The Balaban J connectivity index is 2.18. The van der Waals surface area contributed by atoms with Gasteiger partial charge in [-0.05, 0) is 26.7 Å². The largest absolute Gasteiger partial charge is 0.475 e. The van der Waals surface area contributed by atoms with E-state index in [9.17, 15) is 4.79 Å². The van der Waals surface area contributed by atoms with Crippen molar-refractivity contribution < 1.29 is 9.90 Å². The van der Waals surface area contributed by atoms with Crippen molar-refractivity contribution in [3.8, 4) is 0 Å². The fourth-order valence-electron chi connectivity index (χ4n) is 1.80. The van der Waals surface area contributed by atoms with Crippen LogP contribution in [0.3, 0.4) is 0 Å². The van der Waals surface area contributed by atoms with E-state index >= 15 is 0 Å². The highest BCUT2D eigenvalue weighted by atomic mass is 16.4. The molecule has 88 valence electrons. The van der Waals surface area contributed by atoms with E-state index in [0.29, 0.717) is 12.6 Å². The zero-order chi connectivity index (χ0) is 11.7. The maximum absolute atomic E-state index is 11.0. The molecular formula is C11H17N3O2. The number of carboxylic acid groups (broad SMARTS) is 1. The standard InChI is InChI=1S/C11H17N3O2/c1-7(2)14-9(5-12-8-3-4-8)6-13-10(14)11(15)16/h6-8,12H,3-5H2,1-2H3,(H,15,16). The Bertz CT molecular complexity index is 394. The molecule has 16 heavy (non-hydrogen) atoms. The molecule has 0 radical (unpaired) electrons. The van der Waals surface area contributed by atoms with Gasteiger partial charge in [-0.25, -0.2) is 9.78 Å². The number of hydrogen-bond acceptors (Lipinski definition) is 3. The molecule has 0 bridgehead atoms. The summed E-state index contributed by atoms with van der Waals surface area (Å²) < 4.78 is 1.78. The first-order valence-electron chi connectivity index (χ1n) is 5.62. The third kappa shape index (κ3) is 2.24. The van der Waals surface area contributed by atoms with Crippen LogP contribution in [0, 0.1) is 0 Å². The lowest BCUT2D eigenvalue weighted by molar-refractivity contribution is 0.0676. The van der Waals surface area contributed by atoms with E-state index in [-0.39, 0.29) is 11.9 Å². The first-order valence-corrected chi connectivity index (χ1v) is 5.62. The molecule has 0 atom stereocenters. The third-order valence-corrected chi connectivity index (χ3v) is 2.73. The van der Waals surface area contributed by atoms with Crippen LogP contribution in [-0.2, 0) is 6.54 Å². The highest BCUT2D eigenvalue weighted by Gasteiger charge is 2.22. The van der Waals surface area contributed by atoms with Gasteiger partial charge in [0.05, 0.1) is 11.9 Å². The van der Waals surface area contributed by atoms with Crippen LogP contribution in [-0.4, -0.2) is 26.7 Å². The number of carboxylic acids is 1. The Morgan fingerprint density at radius 1 is 1.69 bits per heavy atom. The van der Waals surface area contributed by atoms with Crippen LogP contribution in [0.25, 0.3) is 0 Å². The molecule has 0 saturated heterocycles. The van der Waals surface area contributed by atoms with Gasteiger partial charge in [0.1, 0.15) is 0 Å². The smallest absolute Gasteiger partial charge is 0.372 e. The molecule has 0 unspecified atom stereocenters. The number of nitrogens with one attached hydrogen (secondary N) is 1. The van der Waals surface area contributed by atoms with Crippen molar-refractivity contribution in [2.24, 2.45) is 0 Å². The van der Waals surface area contributed by atoms with Crippen molar-refractivity contribution in [1.82, 2.24) is 14.9 Å². The highest BCUT2D eigenvalue weighted by molar-refractivity contribution is 5.83. The first kappa shape index (κ1) is 11.1. The van der Waals surface area contributed by atoms with Gasteiger partial charge in [-0.2, -0.15) is 0 Å². The summed E-state index contributed by atoms with van der Waals surface area (Å²) >= 11 is 0. The Hall–Kier alpha value is -1.36. The number of hydrogen-bond donors (Lipinski definition) is 2. The minimum Gasteiger partial charge on any atom is -0.475 e. The summed E-state index contributed by atoms with van der Waals surface area (Å²) in [6.45, 7) is 4.63. The lowest BCUT2D eigenvalue weighted by Gasteiger charge is -2.14. The van der Waals surface area contributed by atoms with Gasteiger partial charge in [-0.1, -0.05) is 0 Å². The maximum atomic E-state index is 11.0. The molecule has 1 heterocycles. The maximum Gasteiger partial charge on any atom is 0.372 e. The number of carbonyl (C=O) groups is 1. The van der Waals surface area contributed by atoms with Crippen molar-refractivity contribution >= 4 is 5.97 Å². The summed E-state index contributed by atoms with van der Waals surface area (Å²) in [4.78, 5) is 14.9. The van der Waals surface area contributed by atoms with Gasteiger partial charge in [0.25, 0.3) is 0 Å². The fourth-order valence-corrected chi connectivity index (χ4v) is 1.80. The van der Waals surface area contributed by atoms with Gasteiger partial charge in [0.2, 0.25) is 5.82 Å². The molecule has 1 saturated carbocycles. The van der Waals surface area contributed by atoms with Crippen LogP contribution < -0.4 is 5.32 Å². The Morgan fingerprint density at radius 3 is 2.88 bits per heavy atom. The first-order chi connectivity index (χ1) is 7.59. The van der Waals surface area contributed by atoms with Gasteiger partial charge in [-0.15, -0.1) is 0 Å². The average molecular weight is 223 g/mol. The minimum absolute atomic E-state index is 0.115. The average Bonchev–Trinajstić information content (AvgIpc) is 2.92. The van der Waals surface area contributed by atoms with Gasteiger partial charge in [0, 0.05) is 18.6 Å². The summed E-state index contributed by atoms with van der Waals surface area (Å²) in [5.41, 5.74) is 0.944. The highest BCUT2D eigenvalue weighted by Crippen LogP contribution is 2.20. The summed E-state index contributed by atoms with van der Waals surface area (Å²) in [6, 6.07) is 0.730. The molecular weight excluding hydrogens is 206 g/mol. The van der Waals surface area contributed by atoms with Crippen molar-refractivity contribution in [2.45, 2.75) is 45.3 Å². The van der Waals surface area contributed by atoms with E-state index in [4.69, 9.17) is 5.11 Å². The van der Waals surface area contributed by atoms with Crippen LogP contribution >= 0.6 is 0 Å². The molecule has 0 aromatic carbocycles. The van der Waals surface area contributed by atoms with E-state index in [1.165, 1.54) is 12.8 Å². The Kier molecular flexibility index (Phi) is 2.96. The van der Waals surface area contributed by atoms with Crippen molar-refractivity contribution in [3.63, 3.8) is 0 Å². The second-order valence-corrected chi connectivity index (χ2v) is 4.50. The number of imidazole rings is 1. The molecule has 2 N–H and O–H groups in total. The molecule has 1 aromatic heterocycles. The summed E-state index contributed by atoms with van der Waals surface area (Å²) in [6.07, 6.45) is 4.10. The van der Waals surface area contributed by atoms with Crippen LogP contribution in [0.15, 0.2) is 6.20 Å². The zero-order valence-corrected chi connectivity index (χ0v) is 9.60. The van der Waals surface area contributed by atoms with E-state index in [0.717, 1.165) is 5.69 Å². The van der Waals surface area contributed by atoms with Crippen LogP contribution in [0.4, 0.5) is 0 Å². The minimum atomic E-state index is -0.966. The van der Waals surface area contributed by atoms with Gasteiger partial charge < -0.3 is 15.0 Å². The van der Waals surface area contributed by atoms with Crippen molar-refractivity contribution in [3.05, 3.63) is 17.7 Å². The second-order valence-electron chi connectivity index (χ2n) is 4.50. The molecule has 2 rings (SSSR count). The normalized spacial score (nSPS) is 15.7. The number of rotatable bonds is 5. The predicted molar refractivity (Wildman–Crippen MR) is 59.4 cm³/mol. The summed E-state index contributed by atoms with van der Waals surface area (Å²) in [5.74, 6) is -0.839. The van der Waals surface area contributed by atoms with Gasteiger partial charge in [0.15, 0.2) is 0 Å². The van der Waals surface area contributed by atoms with E-state index in [1.54, 1.807) is 10.8 Å². The number of nitrogens with zero attached hydrogens (tertiary/aromatic N) is 2. The Labute approximate surface area is 94.5 Å². The SMILES string of the molecule is CC(C)n1c(CNC2CC2)cnc1C(=O)O. The quantitative estimate of drug-likeness (QED) is 0.792. The summed E-state index contributed by atoms with van der Waals surface area (Å²) in [5, 5.41) is 12.4. The molecule has 0 amide bonds. The van der Waals surface area contributed by atoms with Gasteiger partial charge in [-0.3, -0.25) is 0 Å². The molecule has 5 nitrogen and oxygen atoms in total. The Morgan fingerprint density at radius 2 is 2.38 bits per heavy atom. The van der Waals surface area contributed by atoms with Gasteiger partial charge >= 0.3 is 5.97 Å². The van der Waals surface area contributed by atoms with Crippen LogP contribution in [0.2, 0.25) is 0 Å². The topological polar surface area (TPSA) is 67.2 Å². The van der Waals surface area contributed by atoms with E-state index in [2.05, 4.69) is 10.3 Å². The van der Waals surface area contributed by atoms with Crippen LogP contribution in [0.1, 0.15) is 49.0 Å². The zero-order valence-electron chi connectivity index (χ0n) is 9.60. The van der Waals surface area contributed by atoms with E-state index in [1.807, 2.05) is 13.8 Å². The molecule has 1 aliphatic carbocycles. The monoisotopic (exact) mass is 223 g/mol. The number of aromatic nitrogens is 2. The lowest BCUT2D eigenvalue weighted by atomic mass is 10.3. The predicted octanol–water partition coefficient (Wildman–Crippen LogP) is 1.41. The fraction of sp³-hybridized carbons (Fsp3) is 0.636. The number of aromatic carboxylic acids is 1. The second kappa shape index (κ2) is 4.25. The summed E-state index contributed by atoms with van der Waals surface area (Å²) in [7, 11) is 0. The molecule has 0 spiro atoms. The van der Waals surface area contributed by atoms with Crippen molar-refractivity contribution in [1.29, 1.82) is 0 Å². The molecule has 5 heteroatoms. The van der Waals surface area contributed by atoms with Crippen molar-refractivity contribution in [2.75, 3.05) is 0 Å².